The van der Waals surface area contributed by atoms with E-state index in [4.69, 9.17) is 4.74 Å². The lowest BCUT2D eigenvalue weighted by atomic mass is 10.1. The Morgan fingerprint density at radius 3 is 2.21 bits per heavy atom. The topological polar surface area (TPSA) is 87.7 Å². The molecule has 0 aromatic heterocycles. The van der Waals surface area contributed by atoms with E-state index < -0.39 is 11.6 Å². The number of urea groups is 1. The number of methoxy groups -OCH3 is 1. The molecular formula is C22H25N3O4. The van der Waals surface area contributed by atoms with Gasteiger partial charge in [-0.1, -0.05) is 12.1 Å². The highest BCUT2D eigenvalue weighted by molar-refractivity contribution is 6.22. The number of rotatable bonds is 4. The van der Waals surface area contributed by atoms with Crippen molar-refractivity contribution in [2.75, 3.05) is 12.4 Å². The highest BCUT2D eigenvalue weighted by Gasteiger charge is 2.41. The summed E-state index contributed by atoms with van der Waals surface area (Å²) in [6.45, 7) is 7.29. The van der Waals surface area contributed by atoms with Gasteiger partial charge in [-0.3, -0.25) is 14.5 Å². The molecular weight excluding hydrogens is 370 g/mol. The molecule has 3 rings (SSSR count). The van der Waals surface area contributed by atoms with E-state index in [0.29, 0.717) is 16.8 Å². The second kappa shape index (κ2) is 7.58. The molecule has 7 heteroatoms. The molecule has 0 aliphatic carbocycles. The quantitative estimate of drug-likeness (QED) is 0.767. The summed E-state index contributed by atoms with van der Waals surface area (Å²) < 4.78 is 5.14. The number of nitrogens with zero attached hydrogens (tertiary/aromatic N) is 1. The van der Waals surface area contributed by atoms with Gasteiger partial charge in [-0.2, -0.15) is 0 Å². The normalized spacial score (nSPS) is 14.4. The van der Waals surface area contributed by atoms with Crippen LogP contribution in [-0.2, 0) is 0 Å². The van der Waals surface area contributed by atoms with Crippen LogP contribution in [0.25, 0.3) is 0 Å². The van der Waals surface area contributed by atoms with Crippen LogP contribution in [-0.4, -0.2) is 35.4 Å². The molecule has 0 saturated carbocycles. The van der Waals surface area contributed by atoms with E-state index in [1.807, 2.05) is 52.0 Å². The van der Waals surface area contributed by atoms with Crippen molar-refractivity contribution in [2.45, 2.75) is 39.3 Å². The van der Waals surface area contributed by atoms with Crippen molar-refractivity contribution in [1.29, 1.82) is 0 Å². The van der Waals surface area contributed by atoms with Gasteiger partial charge in [0.25, 0.3) is 11.8 Å². The van der Waals surface area contributed by atoms with E-state index in [-0.39, 0.29) is 17.9 Å². The van der Waals surface area contributed by atoms with E-state index >= 15 is 0 Å². The summed E-state index contributed by atoms with van der Waals surface area (Å²) in [7, 11) is 1.60. The molecule has 1 atom stereocenters. The average Bonchev–Trinajstić information content (AvgIpc) is 2.91. The largest absolute Gasteiger partial charge is 0.497 e. The first kappa shape index (κ1) is 20.4. The third kappa shape index (κ3) is 4.08. The highest BCUT2D eigenvalue weighted by atomic mass is 16.5. The molecule has 29 heavy (non-hydrogen) atoms. The predicted octanol–water partition coefficient (Wildman–Crippen LogP) is 3.97. The number of fused-ring (bicyclic) bond motifs is 1. The molecule has 4 amide bonds. The van der Waals surface area contributed by atoms with Crippen molar-refractivity contribution in [3.63, 3.8) is 0 Å². The average molecular weight is 395 g/mol. The molecule has 0 saturated heterocycles. The number of nitrogens with one attached hydrogen (secondary N) is 2. The van der Waals surface area contributed by atoms with Crippen LogP contribution in [0, 0.1) is 0 Å². The van der Waals surface area contributed by atoms with Gasteiger partial charge in [-0.25, -0.2) is 4.79 Å². The first-order chi connectivity index (χ1) is 13.6. The maximum atomic E-state index is 12.7. The number of benzene rings is 2. The Hall–Kier alpha value is -3.35. The zero-order valence-electron chi connectivity index (χ0n) is 17.2. The number of amides is 4. The number of carbonyl (C=O) groups excluding carboxylic acids is 3. The van der Waals surface area contributed by atoms with Crippen molar-refractivity contribution in [2.24, 2.45) is 0 Å². The van der Waals surface area contributed by atoms with E-state index in [0.717, 1.165) is 11.3 Å². The second-order valence-electron chi connectivity index (χ2n) is 7.97. The maximum Gasteiger partial charge on any atom is 0.319 e. The van der Waals surface area contributed by atoms with Crippen LogP contribution >= 0.6 is 0 Å². The molecule has 1 heterocycles. The molecule has 0 radical (unpaired) electrons. The van der Waals surface area contributed by atoms with Crippen LogP contribution in [0.15, 0.2) is 42.5 Å². The molecule has 2 aromatic rings. The van der Waals surface area contributed by atoms with E-state index in [1.54, 1.807) is 25.3 Å². The number of carbonyl (C=O) groups is 3. The molecule has 2 N–H and O–H groups in total. The van der Waals surface area contributed by atoms with Crippen LogP contribution in [0.2, 0.25) is 0 Å². The zero-order chi connectivity index (χ0) is 21.3. The van der Waals surface area contributed by atoms with Crippen LogP contribution in [0.1, 0.15) is 60.0 Å². The number of imide groups is 1. The van der Waals surface area contributed by atoms with Crippen LogP contribution in [0.5, 0.6) is 5.75 Å². The van der Waals surface area contributed by atoms with Crippen molar-refractivity contribution < 1.29 is 19.1 Å². The Morgan fingerprint density at radius 1 is 1.00 bits per heavy atom. The minimum absolute atomic E-state index is 0.227. The lowest BCUT2D eigenvalue weighted by molar-refractivity contribution is 0.0507. The molecule has 2 aromatic carbocycles. The van der Waals surface area contributed by atoms with Crippen LogP contribution < -0.4 is 15.4 Å². The van der Waals surface area contributed by atoms with Crippen LogP contribution in [0.3, 0.4) is 0 Å². The summed E-state index contributed by atoms with van der Waals surface area (Å²) in [5.74, 6) is 0.0712. The van der Waals surface area contributed by atoms with Crippen molar-refractivity contribution in [3.8, 4) is 5.75 Å². The summed E-state index contributed by atoms with van der Waals surface area (Å²) >= 11 is 0. The standard InChI is InChI=1S/C22H25N3O4/c1-13(14-6-9-16(29-5)10-7-14)23-21(28)24-15-8-11-17-18(12-15)20(27)25(19(17)26)22(2,3)4/h6-13H,1-5H3,(H2,23,24,28). The summed E-state index contributed by atoms with van der Waals surface area (Å²) in [6.07, 6.45) is 0. The van der Waals surface area contributed by atoms with E-state index in [1.165, 1.54) is 4.90 Å². The zero-order valence-corrected chi connectivity index (χ0v) is 17.2. The van der Waals surface area contributed by atoms with E-state index in [9.17, 15) is 14.4 Å². The molecule has 7 nitrogen and oxygen atoms in total. The number of hydrogen-bond acceptors (Lipinski definition) is 4. The fourth-order valence-corrected chi connectivity index (χ4v) is 3.27. The summed E-state index contributed by atoms with van der Waals surface area (Å²) in [5, 5.41) is 5.58. The smallest absolute Gasteiger partial charge is 0.319 e. The first-order valence-electron chi connectivity index (χ1n) is 9.36. The number of hydrogen-bond donors (Lipinski definition) is 2. The predicted molar refractivity (Wildman–Crippen MR) is 110 cm³/mol. The van der Waals surface area contributed by atoms with Crippen molar-refractivity contribution in [3.05, 3.63) is 59.2 Å². The Morgan fingerprint density at radius 2 is 1.62 bits per heavy atom. The Kier molecular flexibility index (Phi) is 5.33. The van der Waals surface area contributed by atoms with E-state index in [2.05, 4.69) is 10.6 Å². The molecule has 1 aliphatic heterocycles. The SMILES string of the molecule is COc1ccc(C(C)NC(=O)Nc2ccc3c(c2)C(=O)N(C(C)(C)C)C3=O)cc1. The minimum Gasteiger partial charge on any atom is -0.497 e. The summed E-state index contributed by atoms with van der Waals surface area (Å²) in [6, 6.07) is 11.5. The molecule has 0 spiro atoms. The number of ether oxygens (including phenoxy) is 1. The fraction of sp³-hybridized carbons (Fsp3) is 0.318. The molecule has 1 aliphatic rings. The van der Waals surface area contributed by atoms with Gasteiger partial charge in [0.15, 0.2) is 0 Å². The molecule has 0 bridgehead atoms. The van der Waals surface area contributed by atoms with Gasteiger partial charge in [-0.15, -0.1) is 0 Å². The van der Waals surface area contributed by atoms with Gasteiger partial charge < -0.3 is 15.4 Å². The minimum atomic E-state index is -0.619. The van der Waals surface area contributed by atoms with Crippen molar-refractivity contribution in [1.82, 2.24) is 10.2 Å². The number of anilines is 1. The van der Waals surface area contributed by atoms with Crippen LogP contribution in [0.4, 0.5) is 10.5 Å². The molecule has 1 unspecified atom stereocenters. The van der Waals surface area contributed by atoms with Gasteiger partial charge in [0.2, 0.25) is 0 Å². The molecule has 152 valence electrons. The third-order valence-electron chi connectivity index (χ3n) is 4.78. The lowest BCUT2D eigenvalue weighted by Crippen LogP contribution is -2.45. The summed E-state index contributed by atoms with van der Waals surface area (Å²) in [5.41, 5.74) is 1.40. The Balaban J connectivity index is 1.70. The van der Waals surface area contributed by atoms with Gasteiger partial charge in [-0.05, 0) is 63.6 Å². The third-order valence-corrected chi connectivity index (χ3v) is 4.78. The lowest BCUT2D eigenvalue weighted by Gasteiger charge is -2.29. The van der Waals surface area contributed by atoms with Gasteiger partial charge in [0, 0.05) is 11.2 Å². The van der Waals surface area contributed by atoms with Gasteiger partial charge >= 0.3 is 6.03 Å². The summed E-state index contributed by atoms with van der Waals surface area (Å²) in [4.78, 5) is 38.8. The Bertz CT molecular complexity index is 961. The maximum absolute atomic E-state index is 12.7. The highest BCUT2D eigenvalue weighted by Crippen LogP contribution is 2.31. The Labute approximate surface area is 170 Å². The first-order valence-corrected chi connectivity index (χ1v) is 9.36. The monoisotopic (exact) mass is 395 g/mol. The van der Waals surface area contributed by atoms with Gasteiger partial charge in [0.1, 0.15) is 5.75 Å². The van der Waals surface area contributed by atoms with Crippen molar-refractivity contribution >= 4 is 23.5 Å². The fourth-order valence-electron chi connectivity index (χ4n) is 3.27. The second-order valence-corrected chi connectivity index (χ2v) is 7.97. The molecule has 0 fully saturated rings. The van der Waals surface area contributed by atoms with Gasteiger partial charge in [0.05, 0.1) is 24.3 Å².